The summed E-state index contributed by atoms with van der Waals surface area (Å²) in [6.45, 7) is 6.06. The van der Waals surface area contributed by atoms with E-state index in [1.165, 1.54) is 0 Å². The van der Waals surface area contributed by atoms with Crippen LogP contribution in [-0.2, 0) is 11.2 Å². The van der Waals surface area contributed by atoms with Gasteiger partial charge < -0.3 is 11.1 Å². The van der Waals surface area contributed by atoms with Gasteiger partial charge in [0.1, 0.15) is 0 Å². The Bertz CT molecular complexity index is 461. The molecule has 0 saturated heterocycles. The second kappa shape index (κ2) is 6.60. The van der Waals surface area contributed by atoms with Crippen LogP contribution in [0.25, 0.3) is 0 Å². The molecule has 0 fully saturated rings. The molecule has 3 nitrogen and oxygen atoms in total. The van der Waals surface area contributed by atoms with Crippen LogP contribution in [0.5, 0.6) is 0 Å². The molecule has 106 valence electrons. The Hall–Kier alpha value is -0.770. The van der Waals surface area contributed by atoms with Crippen LogP contribution >= 0.6 is 23.2 Å². The van der Waals surface area contributed by atoms with Gasteiger partial charge in [0, 0.05) is 28.0 Å². The monoisotopic (exact) mass is 302 g/mol. The lowest BCUT2D eigenvalue weighted by Gasteiger charge is -2.26. The average molecular weight is 303 g/mol. The quantitative estimate of drug-likeness (QED) is 0.878. The zero-order valence-corrected chi connectivity index (χ0v) is 13.0. The highest BCUT2D eigenvalue weighted by Crippen LogP contribution is 2.23. The number of rotatable bonds is 5. The first kappa shape index (κ1) is 16.3. The van der Waals surface area contributed by atoms with Crippen LogP contribution in [0.4, 0.5) is 0 Å². The fourth-order valence-corrected chi connectivity index (χ4v) is 2.10. The lowest BCUT2D eigenvalue weighted by Crippen LogP contribution is -2.50. The van der Waals surface area contributed by atoms with Gasteiger partial charge in [0.2, 0.25) is 5.91 Å². The molecule has 1 atom stereocenters. The van der Waals surface area contributed by atoms with Gasteiger partial charge in [-0.2, -0.15) is 0 Å². The van der Waals surface area contributed by atoms with Crippen LogP contribution in [0.3, 0.4) is 0 Å². The fourth-order valence-electron chi connectivity index (χ4n) is 1.62. The minimum atomic E-state index is -0.394. The third-order valence-corrected chi connectivity index (χ3v) is 3.55. The molecule has 5 heteroatoms. The molecule has 19 heavy (non-hydrogen) atoms. The van der Waals surface area contributed by atoms with Crippen molar-refractivity contribution in [3.05, 3.63) is 33.8 Å². The molecule has 1 amide bonds. The Balaban J connectivity index is 2.69. The molecule has 0 saturated carbocycles. The predicted molar refractivity (Wildman–Crippen MR) is 80.6 cm³/mol. The minimum Gasteiger partial charge on any atom is -0.350 e. The van der Waals surface area contributed by atoms with Gasteiger partial charge in [0.05, 0.1) is 0 Å². The fraction of sp³-hybridized carbons (Fsp3) is 0.500. The summed E-state index contributed by atoms with van der Waals surface area (Å²) in [6.07, 6.45) is 0.572. The summed E-state index contributed by atoms with van der Waals surface area (Å²) in [4.78, 5) is 12.1. The molecule has 1 rings (SSSR count). The van der Waals surface area contributed by atoms with E-state index < -0.39 is 5.54 Å². The van der Waals surface area contributed by atoms with Crippen molar-refractivity contribution in [1.82, 2.24) is 5.32 Å². The maximum Gasteiger partial charge on any atom is 0.223 e. The van der Waals surface area contributed by atoms with Crippen molar-refractivity contribution in [3.8, 4) is 0 Å². The van der Waals surface area contributed by atoms with E-state index in [0.29, 0.717) is 23.0 Å². The first-order chi connectivity index (χ1) is 8.75. The van der Waals surface area contributed by atoms with E-state index in [9.17, 15) is 4.79 Å². The number of halogens is 2. The molecular formula is C14H20Cl2N2O. The number of nitrogens with one attached hydrogen (secondary N) is 1. The Morgan fingerprint density at radius 2 is 2.05 bits per heavy atom. The Morgan fingerprint density at radius 3 is 2.58 bits per heavy atom. The number of amides is 1. The van der Waals surface area contributed by atoms with E-state index in [1.807, 2.05) is 26.8 Å². The number of carbonyl (C=O) groups excluding carboxylic acids is 1. The molecule has 0 aliphatic heterocycles. The molecule has 1 aromatic carbocycles. The lowest BCUT2D eigenvalue weighted by molar-refractivity contribution is -0.126. The second-order valence-electron chi connectivity index (χ2n) is 5.42. The first-order valence-corrected chi connectivity index (χ1v) is 6.97. The Kier molecular flexibility index (Phi) is 5.65. The van der Waals surface area contributed by atoms with Gasteiger partial charge in [-0.15, -0.1) is 0 Å². The van der Waals surface area contributed by atoms with Crippen LogP contribution in [0.1, 0.15) is 26.3 Å². The van der Waals surface area contributed by atoms with E-state index in [-0.39, 0.29) is 11.8 Å². The van der Waals surface area contributed by atoms with Gasteiger partial charge in [-0.25, -0.2) is 0 Å². The van der Waals surface area contributed by atoms with Crippen molar-refractivity contribution in [2.45, 2.75) is 32.7 Å². The molecule has 1 aromatic rings. The van der Waals surface area contributed by atoms with Crippen molar-refractivity contribution >= 4 is 29.1 Å². The summed E-state index contributed by atoms with van der Waals surface area (Å²) in [5.74, 6) is -0.203. The van der Waals surface area contributed by atoms with Crippen molar-refractivity contribution < 1.29 is 4.79 Å². The SMILES string of the molecule is CC(Cc1ccc(Cl)cc1Cl)C(=O)NC(C)(C)CN. The third kappa shape index (κ3) is 5.01. The zero-order chi connectivity index (χ0) is 14.6. The number of hydrogen-bond donors (Lipinski definition) is 2. The van der Waals surface area contributed by atoms with Crippen molar-refractivity contribution in [2.24, 2.45) is 11.7 Å². The van der Waals surface area contributed by atoms with E-state index >= 15 is 0 Å². The lowest BCUT2D eigenvalue weighted by atomic mass is 9.98. The average Bonchev–Trinajstić information content (AvgIpc) is 2.32. The molecule has 0 aromatic heterocycles. The third-order valence-electron chi connectivity index (χ3n) is 2.96. The number of benzene rings is 1. The maximum atomic E-state index is 12.1. The number of carbonyl (C=O) groups is 1. The Morgan fingerprint density at radius 1 is 1.42 bits per heavy atom. The normalized spacial score (nSPS) is 13.2. The summed E-state index contributed by atoms with van der Waals surface area (Å²) in [5.41, 5.74) is 6.12. The van der Waals surface area contributed by atoms with Crippen LogP contribution in [-0.4, -0.2) is 18.0 Å². The van der Waals surface area contributed by atoms with E-state index in [2.05, 4.69) is 5.32 Å². The van der Waals surface area contributed by atoms with Gasteiger partial charge in [-0.1, -0.05) is 36.2 Å². The predicted octanol–water partition coefficient (Wildman–Crippen LogP) is 3.03. The molecule has 3 N–H and O–H groups in total. The van der Waals surface area contributed by atoms with Gasteiger partial charge in [-0.3, -0.25) is 4.79 Å². The minimum absolute atomic E-state index is 0.0264. The molecule has 0 heterocycles. The highest BCUT2D eigenvalue weighted by atomic mass is 35.5. The van der Waals surface area contributed by atoms with Gasteiger partial charge in [0.15, 0.2) is 0 Å². The van der Waals surface area contributed by atoms with Crippen molar-refractivity contribution in [2.75, 3.05) is 6.54 Å². The molecule has 0 bridgehead atoms. The van der Waals surface area contributed by atoms with Crippen LogP contribution < -0.4 is 11.1 Å². The topological polar surface area (TPSA) is 55.1 Å². The molecule has 1 unspecified atom stereocenters. The van der Waals surface area contributed by atoms with E-state index in [1.54, 1.807) is 12.1 Å². The first-order valence-electron chi connectivity index (χ1n) is 6.21. The molecule has 0 aliphatic rings. The smallest absolute Gasteiger partial charge is 0.223 e. The molecule has 0 aliphatic carbocycles. The highest BCUT2D eigenvalue weighted by Gasteiger charge is 2.22. The summed E-state index contributed by atoms with van der Waals surface area (Å²) in [5, 5.41) is 4.10. The van der Waals surface area contributed by atoms with Crippen LogP contribution in [0.15, 0.2) is 18.2 Å². The maximum absolute atomic E-state index is 12.1. The van der Waals surface area contributed by atoms with Gasteiger partial charge >= 0.3 is 0 Å². The molecule has 0 radical (unpaired) electrons. The molecular weight excluding hydrogens is 283 g/mol. The summed E-state index contributed by atoms with van der Waals surface area (Å²) in [7, 11) is 0. The van der Waals surface area contributed by atoms with Gasteiger partial charge in [0.25, 0.3) is 0 Å². The zero-order valence-electron chi connectivity index (χ0n) is 11.5. The van der Waals surface area contributed by atoms with E-state index in [0.717, 1.165) is 5.56 Å². The molecule has 0 spiro atoms. The van der Waals surface area contributed by atoms with Crippen molar-refractivity contribution in [3.63, 3.8) is 0 Å². The van der Waals surface area contributed by atoms with Gasteiger partial charge in [-0.05, 0) is 38.0 Å². The summed E-state index contributed by atoms with van der Waals surface area (Å²) < 4.78 is 0. The second-order valence-corrected chi connectivity index (χ2v) is 6.26. The standard InChI is InChI=1S/C14H20Cl2N2O/c1-9(13(19)18-14(2,3)8-17)6-10-4-5-11(15)7-12(10)16/h4-5,7,9H,6,8,17H2,1-3H3,(H,18,19). The van der Waals surface area contributed by atoms with Crippen molar-refractivity contribution in [1.29, 1.82) is 0 Å². The summed E-state index contributed by atoms with van der Waals surface area (Å²) in [6, 6.07) is 5.31. The van der Waals surface area contributed by atoms with E-state index in [4.69, 9.17) is 28.9 Å². The summed E-state index contributed by atoms with van der Waals surface area (Å²) >= 11 is 11.9. The van der Waals surface area contributed by atoms with Crippen LogP contribution in [0, 0.1) is 5.92 Å². The van der Waals surface area contributed by atoms with Crippen LogP contribution in [0.2, 0.25) is 10.0 Å². The number of hydrogen-bond acceptors (Lipinski definition) is 2. The number of nitrogens with two attached hydrogens (primary N) is 1. The largest absolute Gasteiger partial charge is 0.350 e. The Labute approximate surface area is 124 Å². The highest BCUT2D eigenvalue weighted by molar-refractivity contribution is 6.35.